The van der Waals surface area contributed by atoms with Gasteiger partial charge < -0.3 is 5.32 Å². The van der Waals surface area contributed by atoms with Gasteiger partial charge in [-0.1, -0.05) is 29.8 Å². The van der Waals surface area contributed by atoms with Crippen LogP contribution in [0.15, 0.2) is 45.3 Å². The van der Waals surface area contributed by atoms with Crippen LogP contribution in [-0.4, -0.2) is 0 Å². The molecule has 0 amide bonds. The van der Waals surface area contributed by atoms with Crippen LogP contribution in [0.4, 0.5) is 5.69 Å². The molecule has 0 saturated carbocycles. The average molecular weight is 390 g/mol. The van der Waals surface area contributed by atoms with Crippen LogP contribution in [0.5, 0.6) is 0 Å². The summed E-state index contributed by atoms with van der Waals surface area (Å²) in [5.74, 6) is 0. The Bertz CT molecular complexity index is 549. The molecule has 2 aromatic rings. The van der Waals surface area contributed by atoms with E-state index in [0.717, 1.165) is 25.2 Å². The summed E-state index contributed by atoms with van der Waals surface area (Å²) < 4.78 is 2.06. The summed E-state index contributed by atoms with van der Waals surface area (Å²) >= 11 is 13.3. The molecule has 1 N–H and O–H groups in total. The Kier molecular flexibility index (Phi) is 4.71. The third-order valence-electron chi connectivity index (χ3n) is 2.63. The van der Waals surface area contributed by atoms with Gasteiger partial charge >= 0.3 is 0 Å². The molecule has 1 nitrogen and oxygen atoms in total. The third-order valence-corrected chi connectivity index (χ3v) is 4.30. The molecule has 0 saturated heterocycles. The topological polar surface area (TPSA) is 12.0 Å². The first-order valence-electron chi connectivity index (χ1n) is 5.51. The molecule has 0 heterocycles. The summed E-state index contributed by atoms with van der Waals surface area (Å²) in [7, 11) is 0. The smallest absolute Gasteiger partial charge is 0.0631 e. The van der Waals surface area contributed by atoms with E-state index in [1.54, 1.807) is 0 Å². The Hall–Kier alpha value is -0.510. The van der Waals surface area contributed by atoms with Gasteiger partial charge in [0.25, 0.3) is 0 Å². The van der Waals surface area contributed by atoms with Crippen molar-refractivity contribution in [1.29, 1.82) is 0 Å². The van der Waals surface area contributed by atoms with Gasteiger partial charge in [0.1, 0.15) is 0 Å². The molecule has 0 spiro atoms. The molecular formula is C14H12Br2ClN. The summed E-state index contributed by atoms with van der Waals surface area (Å²) in [5.41, 5.74) is 3.30. The van der Waals surface area contributed by atoms with Crippen LogP contribution in [0.2, 0.25) is 5.02 Å². The Morgan fingerprint density at radius 2 is 1.78 bits per heavy atom. The predicted molar refractivity (Wildman–Crippen MR) is 85.4 cm³/mol. The van der Waals surface area contributed by atoms with Gasteiger partial charge in [-0.3, -0.25) is 0 Å². The van der Waals surface area contributed by atoms with Crippen LogP contribution in [0.3, 0.4) is 0 Å². The fourth-order valence-electron chi connectivity index (χ4n) is 1.65. The summed E-state index contributed by atoms with van der Waals surface area (Å²) in [6.45, 7) is 2.73. The molecule has 0 aliphatic heterocycles. The van der Waals surface area contributed by atoms with Crippen molar-refractivity contribution in [3.05, 3.63) is 61.5 Å². The maximum absolute atomic E-state index is 6.21. The Balaban J connectivity index is 2.16. The second-order valence-electron chi connectivity index (χ2n) is 4.05. The zero-order valence-corrected chi connectivity index (χ0v) is 13.7. The highest BCUT2D eigenvalue weighted by atomic mass is 79.9. The van der Waals surface area contributed by atoms with Crippen LogP contribution in [0.1, 0.15) is 11.1 Å². The highest BCUT2D eigenvalue weighted by Crippen LogP contribution is 2.31. The normalized spacial score (nSPS) is 10.4. The maximum Gasteiger partial charge on any atom is 0.0631 e. The molecule has 0 fully saturated rings. The van der Waals surface area contributed by atoms with Crippen molar-refractivity contribution in [1.82, 2.24) is 0 Å². The second-order valence-corrected chi connectivity index (χ2v) is 6.16. The number of para-hydroxylation sites is 1. The fourth-order valence-corrected chi connectivity index (χ4v) is 3.23. The summed E-state index contributed by atoms with van der Waals surface area (Å²) in [6, 6.07) is 12.1. The van der Waals surface area contributed by atoms with Crippen molar-refractivity contribution >= 4 is 49.1 Å². The quantitative estimate of drug-likeness (QED) is 0.701. The summed E-state index contributed by atoms with van der Waals surface area (Å²) in [4.78, 5) is 0. The van der Waals surface area contributed by atoms with E-state index < -0.39 is 0 Å². The first-order chi connectivity index (χ1) is 8.58. The van der Waals surface area contributed by atoms with Crippen LogP contribution >= 0.6 is 43.5 Å². The fraction of sp³-hybridized carbons (Fsp3) is 0.143. The number of aryl methyl sites for hydroxylation is 1. The van der Waals surface area contributed by atoms with Crippen molar-refractivity contribution in [3.63, 3.8) is 0 Å². The van der Waals surface area contributed by atoms with E-state index in [1.807, 2.05) is 31.2 Å². The number of rotatable bonds is 3. The first kappa shape index (κ1) is 13.9. The van der Waals surface area contributed by atoms with Crippen LogP contribution < -0.4 is 5.32 Å². The lowest BCUT2D eigenvalue weighted by Gasteiger charge is -2.12. The molecule has 2 aromatic carbocycles. The molecular weight excluding hydrogens is 377 g/mol. The van der Waals surface area contributed by atoms with E-state index in [2.05, 4.69) is 49.3 Å². The molecule has 2 rings (SSSR count). The van der Waals surface area contributed by atoms with Gasteiger partial charge in [0.15, 0.2) is 0 Å². The van der Waals surface area contributed by atoms with E-state index in [0.29, 0.717) is 6.54 Å². The number of anilines is 1. The van der Waals surface area contributed by atoms with Gasteiger partial charge in [-0.05, 0) is 68.1 Å². The van der Waals surface area contributed by atoms with Crippen LogP contribution in [-0.2, 0) is 6.54 Å². The van der Waals surface area contributed by atoms with Crippen molar-refractivity contribution in [2.24, 2.45) is 0 Å². The number of hydrogen-bond donors (Lipinski definition) is 1. The Morgan fingerprint density at radius 3 is 2.39 bits per heavy atom. The van der Waals surface area contributed by atoms with Gasteiger partial charge in [0.05, 0.1) is 5.69 Å². The Morgan fingerprint density at radius 1 is 1.11 bits per heavy atom. The van der Waals surface area contributed by atoms with Gasteiger partial charge in [0, 0.05) is 20.5 Å². The minimum Gasteiger partial charge on any atom is -0.379 e. The van der Waals surface area contributed by atoms with E-state index in [-0.39, 0.29) is 0 Å². The van der Waals surface area contributed by atoms with Crippen molar-refractivity contribution in [3.8, 4) is 0 Å². The molecule has 0 radical (unpaired) electrons. The van der Waals surface area contributed by atoms with E-state index >= 15 is 0 Å². The number of nitrogens with one attached hydrogen (secondary N) is 1. The van der Waals surface area contributed by atoms with E-state index in [4.69, 9.17) is 11.6 Å². The lowest BCUT2D eigenvalue weighted by Crippen LogP contribution is -2.01. The third kappa shape index (κ3) is 3.28. The first-order valence-corrected chi connectivity index (χ1v) is 7.47. The monoisotopic (exact) mass is 387 g/mol. The van der Waals surface area contributed by atoms with Crippen molar-refractivity contribution in [2.75, 3.05) is 5.32 Å². The van der Waals surface area contributed by atoms with Crippen molar-refractivity contribution < 1.29 is 0 Å². The van der Waals surface area contributed by atoms with Gasteiger partial charge in [-0.15, -0.1) is 0 Å². The van der Waals surface area contributed by atoms with E-state index in [9.17, 15) is 0 Å². The number of halogens is 3. The molecule has 4 heteroatoms. The van der Waals surface area contributed by atoms with Crippen LogP contribution in [0, 0.1) is 6.92 Å². The second kappa shape index (κ2) is 6.09. The predicted octanol–water partition coefficient (Wildman–Crippen LogP) is 5.79. The highest BCUT2D eigenvalue weighted by Gasteiger charge is 2.05. The van der Waals surface area contributed by atoms with Gasteiger partial charge in [0.2, 0.25) is 0 Å². The lowest BCUT2D eigenvalue weighted by atomic mass is 10.1. The number of benzene rings is 2. The molecule has 0 unspecified atom stereocenters. The largest absolute Gasteiger partial charge is 0.379 e. The van der Waals surface area contributed by atoms with Gasteiger partial charge in [-0.2, -0.15) is 0 Å². The van der Waals surface area contributed by atoms with E-state index in [1.165, 1.54) is 5.56 Å². The molecule has 18 heavy (non-hydrogen) atoms. The molecule has 0 atom stereocenters. The molecule has 0 aliphatic rings. The minimum atomic E-state index is 0.695. The summed E-state index contributed by atoms with van der Waals surface area (Å²) in [6.07, 6.45) is 0. The molecule has 94 valence electrons. The van der Waals surface area contributed by atoms with Crippen molar-refractivity contribution in [2.45, 2.75) is 13.5 Å². The zero-order valence-electron chi connectivity index (χ0n) is 9.81. The standard InChI is InChI=1S/C14H12Br2ClN/c1-9-5-6-10(13(17)7-9)8-18-14-11(15)3-2-4-12(14)16/h2-7,18H,8H2,1H3. The SMILES string of the molecule is Cc1ccc(CNc2c(Br)cccc2Br)c(Cl)c1. The lowest BCUT2D eigenvalue weighted by molar-refractivity contribution is 1.14. The molecule has 0 bridgehead atoms. The average Bonchev–Trinajstić information content (AvgIpc) is 2.31. The highest BCUT2D eigenvalue weighted by molar-refractivity contribution is 9.11. The zero-order chi connectivity index (χ0) is 13.1. The maximum atomic E-state index is 6.21. The number of hydrogen-bond acceptors (Lipinski definition) is 1. The minimum absolute atomic E-state index is 0.695. The Labute approximate surface area is 129 Å². The van der Waals surface area contributed by atoms with Gasteiger partial charge in [-0.25, -0.2) is 0 Å². The van der Waals surface area contributed by atoms with Crippen LogP contribution in [0.25, 0.3) is 0 Å². The molecule has 0 aliphatic carbocycles. The summed E-state index contributed by atoms with van der Waals surface area (Å²) in [5, 5.41) is 4.18. The molecule has 0 aromatic heterocycles.